The zero-order valence-electron chi connectivity index (χ0n) is 17.6. The molecule has 0 spiro atoms. The molecule has 0 N–H and O–H groups in total. The minimum Gasteiger partial charge on any atom is -0.465 e. The molecular formula is C23H25N3O5. The molecule has 0 unspecified atom stereocenters. The number of aryl methyl sites for hydroxylation is 1. The van der Waals surface area contributed by atoms with Crippen LogP contribution in [0.15, 0.2) is 54.6 Å². The highest BCUT2D eigenvalue weighted by molar-refractivity contribution is 5.99. The van der Waals surface area contributed by atoms with E-state index in [-0.39, 0.29) is 19.7 Å². The van der Waals surface area contributed by atoms with Crippen molar-refractivity contribution in [3.8, 4) is 0 Å². The third-order valence-corrected chi connectivity index (χ3v) is 4.66. The van der Waals surface area contributed by atoms with Gasteiger partial charge in [0.15, 0.2) is 6.61 Å². The molecule has 0 radical (unpaired) electrons. The number of esters is 2. The normalized spacial score (nSPS) is 10.6. The number of aromatic nitrogens is 2. The Hall–Kier alpha value is -3.68. The first kappa shape index (κ1) is 22.0. The number of carbonyl (C=O) groups is 3. The maximum atomic E-state index is 12.7. The Labute approximate surface area is 180 Å². The predicted molar refractivity (Wildman–Crippen MR) is 115 cm³/mol. The highest BCUT2D eigenvalue weighted by Gasteiger charge is 2.22. The van der Waals surface area contributed by atoms with Crippen molar-refractivity contribution in [2.24, 2.45) is 0 Å². The first-order valence-electron chi connectivity index (χ1n) is 10.1. The summed E-state index contributed by atoms with van der Waals surface area (Å²) in [6.45, 7) is 3.06. The molecule has 1 amide bonds. The van der Waals surface area contributed by atoms with Gasteiger partial charge < -0.3 is 14.0 Å². The van der Waals surface area contributed by atoms with Crippen LogP contribution in [-0.4, -0.2) is 47.2 Å². The molecule has 0 fully saturated rings. The molecule has 0 aliphatic rings. The van der Waals surface area contributed by atoms with Gasteiger partial charge in [0, 0.05) is 12.1 Å². The molecule has 8 heteroatoms. The molecule has 0 atom stereocenters. The summed E-state index contributed by atoms with van der Waals surface area (Å²) in [4.78, 5) is 42.9. The first-order chi connectivity index (χ1) is 15.0. The van der Waals surface area contributed by atoms with Crippen LogP contribution < -0.4 is 4.90 Å². The van der Waals surface area contributed by atoms with Gasteiger partial charge >= 0.3 is 11.9 Å². The van der Waals surface area contributed by atoms with E-state index < -0.39 is 24.5 Å². The zero-order valence-corrected chi connectivity index (χ0v) is 17.6. The van der Waals surface area contributed by atoms with E-state index >= 15 is 0 Å². The molecular weight excluding hydrogens is 398 g/mol. The number of amides is 1. The number of nitrogens with zero attached hydrogens (tertiary/aromatic N) is 3. The monoisotopic (exact) mass is 423 g/mol. The van der Waals surface area contributed by atoms with Gasteiger partial charge in [0.1, 0.15) is 18.9 Å². The Morgan fingerprint density at radius 3 is 2.35 bits per heavy atom. The van der Waals surface area contributed by atoms with Crippen molar-refractivity contribution < 1.29 is 23.9 Å². The van der Waals surface area contributed by atoms with Gasteiger partial charge in [0.25, 0.3) is 5.91 Å². The van der Waals surface area contributed by atoms with Crippen LogP contribution in [-0.2, 0) is 36.8 Å². The van der Waals surface area contributed by atoms with Crippen molar-refractivity contribution in [2.75, 3.05) is 24.7 Å². The van der Waals surface area contributed by atoms with Crippen molar-refractivity contribution >= 4 is 34.6 Å². The highest BCUT2D eigenvalue weighted by Crippen LogP contribution is 2.17. The second-order valence-corrected chi connectivity index (χ2v) is 6.74. The van der Waals surface area contributed by atoms with Gasteiger partial charge in [-0.3, -0.25) is 19.3 Å². The molecule has 0 bridgehead atoms. The second kappa shape index (κ2) is 10.4. The molecule has 162 valence electrons. The molecule has 0 aliphatic carbocycles. The van der Waals surface area contributed by atoms with Gasteiger partial charge in [0.2, 0.25) is 0 Å². The topological polar surface area (TPSA) is 90.7 Å². The molecule has 2 aromatic carbocycles. The number of imidazole rings is 1. The van der Waals surface area contributed by atoms with E-state index in [1.807, 2.05) is 31.2 Å². The fourth-order valence-corrected chi connectivity index (χ4v) is 3.23. The molecule has 1 aromatic heterocycles. The lowest BCUT2D eigenvalue weighted by atomic mass is 10.3. The van der Waals surface area contributed by atoms with E-state index in [2.05, 4.69) is 4.98 Å². The summed E-state index contributed by atoms with van der Waals surface area (Å²) in [7, 11) is 0. The molecule has 0 aliphatic heterocycles. The Morgan fingerprint density at radius 1 is 0.935 bits per heavy atom. The molecule has 1 heterocycles. The number of para-hydroxylation sites is 3. The standard InChI is InChI=1S/C23H25N3O5/c1-3-20-24-18-12-8-9-13-19(18)26(20)15-23(29)31-16-21(27)25(14-22(28)30-4-2)17-10-6-5-7-11-17/h5-13H,3-4,14-16H2,1-2H3. The Balaban J connectivity index is 1.68. The average Bonchev–Trinajstić information content (AvgIpc) is 3.14. The minimum atomic E-state index is -0.560. The van der Waals surface area contributed by atoms with Gasteiger partial charge in [-0.1, -0.05) is 37.3 Å². The van der Waals surface area contributed by atoms with Crippen molar-refractivity contribution in [1.29, 1.82) is 0 Å². The first-order valence-corrected chi connectivity index (χ1v) is 10.1. The molecule has 0 saturated carbocycles. The Bertz CT molecular complexity index is 1060. The average molecular weight is 423 g/mol. The molecule has 8 nitrogen and oxygen atoms in total. The maximum absolute atomic E-state index is 12.7. The third-order valence-electron chi connectivity index (χ3n) is 4.66. The number of hydrogen-bond acceptors (Lipinski definition) is 6. The van der Waals surface area contributed by atoms with Crippen LogP contribution >= 0.6 is 0 Å². The summed E-state index contributed by atoms with van der Waals surface area (Å²) in [6, 6.07) is 16.2. The largest absolute Gasteiger partial charge is 0.465 e. The number of benzene rings is 2. The third kappa shape index (κ3) is 5.48. The number of hydrogen-bond donors (Lipinski definition) is 0. The predicted octanol–water partition coefficient (Wildman–Crippen LogP) is 2.74. The van der Waals surface area contributed by atoms with Gasteiger partial charge in [-0.05, 0) is 31.2 Å². The molecule has 31 heavy (non-hydrogen) atoms. The van der Waals surface area contributed by atoms with Crippen LogP contribution in [0.5, 0.6) is 0 Å². The van der Waals surface area contributed by atoms with Gasteiger partial charge in [-0.15, -0.1) is 0 Å². The lowest BCUT2D eigenvalue weighted by Crippen LogP contribution is -2.39. The van der Waals surface area contributed by atoms with Crippen LogP contribution in [0.4, 0.5) is 5.69 Å². The lowest BCUT2D eigenvalue weighted by Gasteiger charge is -2.21. The fourth-order valence-electron chi connectivity index (χ4n) is 3.23. The van der Waals surface area contributed by atoms with E-state index in [0.717, 1.165) is 16.9 Å². The summed E-state index contributed by atoms with van der Waals surface area (Å²) in [6.07, 6.45) is 0.655. The van der Waals surface area contributed by atoms with Crippen molar-refractivity contribution in [3.63, 3.8) is 0 Å². The summed E-state index contributed by atoms with van der Waals surface area (Å²) in [5.74, 6) is -0.852. The van der Waals surface area contributed by atoms with Crippen LogP contribution in [0.1, 0.15) is 19.7 Å². The van der Waals surface area contributed by atoms with E-state index in [0.29, 0.717) is 12.1 Å². The fraction of sp³-hybridized carbons (Fsp3) is 0.304. The Kier molecular flexibility index (Phi) is 7.37. The van der Waals surface area contributed by atoms with E-state index in [1.165, 1.54) is 4.90 Å². The number of fused-ring (bicyclic) bond motifs is 1. The van der Waals surface area contributed by atoms with Gasteiger partial charge in [-0.25, -0.2) is 4.98 Å². The number of carbonyl (C=O) groups excluding carboxylic acids is 3. The lowest BCUT2D eigenvalue weighted by molar-refractivity contribution is -0.148. The van der Waals surface area contributed by atoms with E-state index in [4.69, 9.17) is 9.47 Å². The summed E-state index contributed by atoms with van der Waals surface area (Å²) in [5.41, 5.74) is 2.15. The quantitative estimate of drug-likeness (QED) is 0.492. The van der Waals surface area contributed by atoms with Crippen LogP contribution in [0.2, 0.25) is 0 Å². The number of ether oxygens (including phenoxy) is 2. The van der Waals surface area contributed by atoms with Crippen LogP contribution in [0, 0.1) is 0 Å². The van der Waals surface area contributed by atoms with Gasteiger partial charge in [-0.2, -0.15) is 0 Å². The maximum Gasteiger partial charge on any atom is 0.326 e. The smallest absolute Gasteiger partial charge is 0.326 e. The molecule has 0 saturated heterocycles. The highest BCUT2D eigenvalue weighted by atomic mass is 16.5. The molecule has 3 aromatic rings. The summed E-state index contributed by atoms with van der Waals surface area (Å²) >= 11 is 0. The summed E-state index contributed by atoms with van der Waals surface area (Å²) < 4.78 is 12.0. The van der Waals surface area contributed by atoms with Crippen LogP contribution in [0.25, 0.3) is 11.0 Å². The van der Waals surface area contributed by atoms with Crippen molar-refractivity contribution in [2.45, 2.75) is 26.8 Å². The summed E-state index contributed by atoms with van der Waals surface area (Å²) in [5, 5.41) is 0. The number of rotatable bonds is 9. The SMILES string of the molecule is CCOC(=O)CN(C(=O)COC(=O)Cn1c(CC)nc2ccccc21)c1ccccc1. The van der Waals surface area contributed by atoms with Gasteiger partial charge in [0.05, 0.1) is 17.6 Å². The van der Waals surface area contributed by atoms with E-state index in [9.17, 15) is 14.4 Å². The number of anilines is 1. The van der Waals surface area contributed by atoms with Crippen LogP contribution in [0.3, 0.4) is 0 Å². The minimum absolute atomic E-state index is 0.0554. The van der Waals surface area contributed by atoms with E-state index in [1.54, 1.807) is 41.8 Å². The zero-order chi connectivity index (χ0) is 22.2. The van der Waals surface area contributed by atoms with Crippen molar-refractivity contribution in [3.05, 3.63) is 60.4 Å². The second-order valence-electron chi connectivity index (χ2n) is 6.74. The van der Waals surface area contributed by atoms with Crippen molar-refractivity contribution in [1.82, 2.24) is 9.55 Å². The molecule has 3 rings (SSSR count). The Morgan fingerprint density at radius 2 is 1.65 bits per heavy atom.